The van der Waals surface area contributed by atoms with Gasteiger partial charge in [-0.2, -0.15) is 0 Å². The molecule has 0 aliphatic carbocycles. The molecule has 0 aromatic heterocycles. The lowest BCUT2D eigenvalue weighted by molar-refractivity contribution is 0.0898. The molecule has 1 atom stereocenters. The van der Waals surface area contributed by atoms with E-state index in [1.54, 1.807) is 31.2 Å². The topological polar surface area (TPSA) is 46.2 Å². The van der Waals surface area contributed by atoms with E-state index in [9.17, 15) is 9.50 Å². The minimum Gasteiger partial charge on any atom is -0.379 e. The summed E-state index contributed by atoms with van der Waals surface area (Å²) in [4.78, 5) is 0. The monoisotopic (exact) mass is 245 g/mol. The maximum Gasteiger partial charge on any atom is 0.127 e. The Labute approximate surface area is 106 Å². The van der Waals surface area contributed by atoms with Crippen molar-refractivity contribution in [2.75, 3.05) is 6.54 Å². The van der Waals surface area contributed by atoms with Crippen molar-refractivity contribution in [1.29, 1.82) is 0 Å². The minimum atomic E-state index is -1.35. The van der Waals surface area contributed by atoms with Crippen LogP contribution in [-0.2, 0) is 5.60 Å². The van der Waals surface area contributed by atoms with Crippen molar-refractivity contribution < 1.29 is 9.50 Å². The molecule has 0 fully saturated rings. The van der Waals surface area contributed by atoms with E-state index in [0.29, 0.717) is 16.7 Å². The number of hydrogen-bond acceptors (Lipinski definition) is 2. The predicted octanol–water partition coefficient (Wildman–Crippen LogP) is 2.33. The first-order valence-corrected chi connectivity index (χ1v) is 5.82. The summed E-state index contributed by atoms with van der Waals surface area (Å²) in [5.74, 6) is -0.338. The number of nitrogens with two attached hydrogens (primary N) is 1. The summed E-state index contributed by atoms with van der Waals surface area (Å²) in [7, 11) is 0. The summed E-state index contributed by atoms with van der Waals surface area (Å²) in [5, 5.41) is 10.7. The third-order valence-corrected chi connectivity index (χ3v) is 3.20. The van der Waals surface area contributed by atoms with E-state index < -0.39 is 5.60 Å². The van der Waals surface area contributed by atoms with Crippen LogP contribution in [0.4, 0.5) is 4.39 Å². The SMILES string of the molecule is Cc1ccc(C(O)(CN)c2ccccc2)cc1F. The highest BCUT2D eigenvalue weighted by Gasteiger charge is 2.30. The molecule has 18 heavy (non-hydrogen) atoms. The molecular formula is C15H16FNO. The first-order chi connectivity index (χ1) is 8.58. The second-order valence-electron chi connectivity index (χ2n) is 4.39. The van der Waals surface area contributed by atoms with Gasteiger partial charge < -0.3 is 10.8 Å². The second-order valence-corrected chi connectivity index (χ2v) is 4.39. The van der Waals surface area contributed by atoms with Crippen LogP contribution < -0.4 is 5.73 Å². The van der Waals surface area contributed by atoms with Crippen LogP contribution in [0.3, 0.4) is 0 Å². The molecular weight excluding hydrogens is 229 g/mol. The quantitative estimate of drug-likeness (QED) is 0.871. The molecule has 0 radical (unpaired) electrons. The summed E-state index contributed by atoms with van der Waals surface area (Å²) in [6, 6.07) is 13.8. The largest absolute Gasteiger partial charge is 0.379 e. The zero-order valence-electron chi connectivity index (χ0n) is 10.2. The maximum atomic E-state index is 13.6. The summed E-state index contributed by atoms with van der Waals surface area (Å²) >= 11 is 0. The van der Waals surface area contributed by atoms with Gasteiger partial charge in [-0.3, -0.25) is 0 Å². The zero-order chi connectivity index (χ0) is 13.2. The predicted molar refractivity (Wildman–Crippen MR) is 69.6 cm³/mol. The Kier molecular flexibility index (Phi) is 3.45. The summed E-state index contributed by atoms with van der Waals surface area (Å²) in [5.41, 5.74) is 6.02. The Hall–Kier alpha value is -1.71. The van der Waals surface area contributed by atoms with Crippen LogP contribution in [0.5, 0.6) is 0 Å². The molecule has 1 unspecified atom stereocenters. The molecule has 3 heteroatoms. The number of halogens is 1. The number of aliphatic hydroxyl groups is 1. The molecule has 0 spiro atoms. The molecule has 3 N–H and O–H groups in total. The molecule has 0 aliphatic heterocycles. The van der Waals surface area contributed by atoms with E-state index in [1.165, 1.54) is 6.07 Å². The van der Waals surface area contributed by atoms with Crippen molar-refractivity contribution in [1.82, 2.24) is 0 Å². The van der Waals surface area contributed by atoms with Crippen LogP contribution in [0.1, 0.15) is 16.7 Å². The van der Waals surface area contributed by atoms with Crippen molar-refractivity contribution in [2.24, 2.45) is 5.73 Å². The average molecular weight is 245 g/mol. The fourth-order valence-electron chi connectivity index (χ4n) is 1.97. The molecule has 0 bridgehead atoms. The van der Waals surface area contributed by atoms with Gasteiger partial charge in [-0.25, -0.2) is 4.39 Å². The highest BCUT2D eigenvalue weighted by molar-refractivity contribution is 5.38. The van der Waals surface area contributed by atoms with Gasteiger partial charge >= 0.3 is 0 Å². The minimum absolute atomic E-state index is 0.000482. The molecule has 0 saturated heterocycles. The van der Waals surface area contributed by atoms with E-state index in [-0.39, 0.29) is 12.4 Å². The van der Waals surface area contributed by atoms with Crippen molar-refractivity contribution in [3.05, 3.63) is 71.0 Å². The van der Waals surface area contributed by atoms with E-state index >= 15 is 0 Å². The van der Waals surface area contributed by atoms with Crippen molar-refractivity contribution in [3.63, 3.8) is 0 Å². The van der Waals surface area contributed by atoms with Crippen LogP contribution >= 0.6 is 0 Å². The van der Waals surface area contributed by atoms with Crippen molar-refractivity contribution in [3.8, 4) is 0 Å². The van der Waals surface area contributed by atoms with Crippen LogP contribution in [0.25, 0.3) is 0 Å². The van der Waals surface area contributed by atoms with Crippen LogP contribution in [0.2, 0.25) is 0 Å². The van der Waals surface area contributed by atoms with Gasteiger partial charge in [0.1, 0.15) is 11.4 Å². The fraction of sp³-hybridized carbons (Fsp3) is 0.200. The highest BCUT2D eigenvalue weighted by Crippen LogP contribution is 2.29. The number of rotatable bonds is 3. The third-order valence-electron chi connectivity index (χ3n) is 3.20. The van der Waals surface area contributed by atoms with Gasteiger partial charge in [0, 0.05) is 6.54 Å². The lowest BCUT2D eigenvalue weighted by atomic mass is 9.86. The fourth-order valence-corrected chi connectivity index (χ4v) is 1.97. The molecule has 2 aromatic carbocycles. The Morgan fingerprint density at radius 2 is 1.78 bits per heavy atom. The summed E-state index contributed by atoms with van der Waals surface area (Å²) in [6.07, 6.45) is 0. The maximum absolute atomic E-state index is 13.6. The summed E-state index contributed by atoms with van der Waals surface area (Å²) in [6.45, 7) is 1.68. The van der Waals surface area contributed by atoms with Crippen LogP contribution in [0.15, 0.2) is 48.5 Å². The Balaban J connectivity index is 2.53. The van der Waals surface area contributed by atoms with Gasteiger partial charge in [0.05, 0.1) is 0 Å². The van der Waals surface area contributed by atoms with Gasteiger partial charge in [-0.05, 0) is 29.7 Å². The molecule has 2 nitrogen and oxygen atoms in total. The smallest absolute Gasteiger partial charge is 0.127 e. The first-order valence-electron chi connectivity index (χ1n) is 5.82. The van der Waals surface area contributed by atoms with Gasteiger partial charge in [0.15, 0.2) is 0 Å². The van der Waals surface area contributed by atoms with Gasteiger partial charge in [-0.15, -0.1) is 0 Å². The third kappa shape index (κ3) is 2.15. The molecule has 0 saturated carbocycles. The lowest BCUT2D eigenvalue weighted by Gasteiger charge is -2.28. The van der Waals surface area contributed by atoms with Gasteiger partial charge in [0.2, 0.25) is 0 Å². The number of benzene rings is 2. The molecule has 0 aliphatic rings. The molecule has 2 aromatic rings. The van der Waals surface area contributed by atoms with Crippen LogP contribution in [-0.4, -0.2) is 11.7 Å². The van der Waals surface area contributed by atoms with E-state index in [0.717, 1.165) is 0 Å². The van der Waals surface area contributed by atoms with E-state index in [1.807, 2.05) is 18.2 Å². The zero-order valence-corrected chi connectivity index (χ0v) is 10.2. The number of aryl methyl sites for hydroxylation is 1. The van der Waals surface area contributed by atoms with Gasteiger partial charge in [0.25, 0.3) is 0 Å². The molecule has 94 valence electrons. The Bertz CT molecular complexity index is 541. The average Bonchev–Trinajstić information content (AvgIpc) is 2.42. The summed E-state index contributed by atoms with van der Waals surface area (Å²) < 4.78 is 13.6. The Morgan fingerprint density at radius 1 is 1.11 bits per heavy atom. The van der Waals surface area contributed by atoms with Crippen molar-refractivity contribution in [2.45, 2.75) is 12.5 Å². The van der Waals surface area contributed by atoms with E-state index in [4.69, 9.17) is 5.73 Å². The Morgan fingerprint density at radius 3 is 2.33 bits per heavy atom. The first kappa shape index (κ1) is 12.7. The highest BCUT2D eigenvalue weighted by atomic mass is 19.1. The molecule has 2 rings (SSSR count). The normalized spacial score (nSPS) is 14.2. The second kappa shape index (κ2) is 4.88. The van der Waals surface area contributed by atoms with Crippen molar-refractivity contribution >= 4 is 0 Å². The van der Waals surface area contributed by atoms with Crippen LogP contribution in [0, 0.1) is 12.7 Å². The van der Waals surface area contributed by atoms with E-state index in [2.05, 4.69) is 0 Å². The van der Waals surface area contributed by atoms with Gasteiger partial charge in [-0.1, -0.05) is 42.5 Å². The lowest BCUT2D eigenvalue weighted by Crippen LogP contribution is -2.36. The number of hydrogen-bond donors (Lipinski definition) is 2. The molecule has 0 amide bonds. The molecule has 0 heterocycles. The standard InChI is InChI=1S/C15H16FNO/c1-11-7-8-13(9-14(11)16)15(18,10-17)12-5-3-2-4-6-12/h2-9,18H,10,17H2,1H3.